The lowest BCUT2D eigenvalue weighted by Gasteiger charge is -2.33. The van der Waals surface area contributed by atoms with Gasteiger partial charge in [0.15, 0.2) is 9.84 Å². The lowest BCUT2D eigenvalue weighted by atomic mass is 10.1. The maximum absolute atomic E-state index is 12.2. The van der Waals surface area contributed by atoms with Gasteiger partial charge in [0.25, 0.3) is 0 Å². The molecule has 0 spiro atoms. The van der Waals surface area contributed by atoms with E-state index < -0.39 is 9.84 Å². The zero-order valence-electron chi connectivity index (χ0n) is 11.3. The Balaban J connectivity index is 0.00000200. The second-order valence-corrected chi connectivity index (χ2v) is 7.20. The fourth-order valence-electron chi connectivity index (χ4n) is 2.28. The second kappa shape index (κ2) is 6.45. The monoisotopic (exact) mass is 318 g/mol. The Morgan fingerprint density at radius 1 is 1.35 bits per heavy atom. The van der Waals surface area contributed by atoms with Crippen LogP contribution in [0.25, 0.3) is 0 Å². The molecule has 0 bridgehead atoms. The molecular weight excluding hydrogens is 300 g/mol. The number of hydrogen-bond acceptors (Lipinski definition) is 4. The Hall–Kier alpha value is -1.27. The average Bonchev–Trinajstić information content (AvgIpc) is 2.30. The molecule has 5 nitrogen and oxygen atoms in total. The first kappa shape index (κ1) is 16.8. The molecule has 1 aliphatic rings. The Morgan fingerprint density at radius 2 is 1.95 bits per heavy atom. The maximum atomic E-state index is 12.2. The molecule has 1 aromatic rings. The van der Waals surface area contributed by atoms with Crippen molar-refractivity contribution in [3.8, 4) is 0 Å². The summed E-state index contributed by atoms with van der Waals surface area (Å²) in [5.41, 5.74) is 7.14. The van der Waals surface area contributed by atoms with Crippen LogP contribution in [0.4, 0.5) is 5.69 Å². The highest BCUT2D eigenvalue weighted by molar-refractivity contribution is 7.91. The normalized spacial score (nSPS) is 21.1. The number of nitrogens with zero attached hydrogens (tertiary/aromatic N) is 1. The van der Waals surface area contributed by atoms with Gasteiger partial charge in [-0.2, -0.15) is 0 Å². The van der Waals surface area contributed by atoms with Gasteiger partial charge < -0.3 is 10.6 Å². The number of anilines is 1. The van der Waals surface area contributed by atoms with Gasteiger partial charge in [0, 0.05) is 18.3 Å². The van der Waals surface area contributed by atoms with E-state index in [-0.39, 0.29) is 48.8 Å². The summed E-state index contributed by atoms with van der Waals surface area (Å²) in [7, 11) is -2.99. The molecule has 0 aliphatic carbocycles. The molecule has 7 heteroatoms. The van der Waals surface area contributed by atoms with Gasteiger partial charge in [-0.15, -0.1) is 12.4 Å². The highest BCUT2D eigenvalue weighted by Gasteiger charge is 2.30. The molecule has 1 aromatic carbocycles. The van der Waals surface area contributed by atoms with Crippen LogP contribution in [0.15, 0.2) is 24.3 Å². The standard InChI is InChI=1S/C13H18N2O3S.ClH/c1-10-9-19(17,18)7-6-15(10)13(16)8-11-2-4-12(14)5-3-11;/h2-5,10H,6-9,14H2,1H3;1H. The maximum Gasteiger partial charge on any atom is 0.227 e. The molecule has 1 amide bonds. The minimum absolute atomic E-state index is 0. The van der Waals surface area contributed by atoms with Crippen molar-refractivity contribution in [3.63, 3.8) is 0 Å². The predicted octanol–water partition coefficient (Wildman–Crippen LogP) is 0.879. The first-order chi connectivity index (χ1) is 8.87. The topological polar surface area (TPSA) is 80.5 Å². The fraction of sp³-hybridized carbons (Fsp3) is 0.462. The van der Waals surface area contributed by atoms with E-state index in [1.165, 1.54) is 0 Å². The third-order valence-electron chi connectivity index (χ3n) is 3.33. The first-order valence-electron chi connectivity index (χ1n) is 6.22. The largest absolute Gasteiger partial charge is 0.399 e. The number of nitrogens with two attached hydrogens (primary N) is 1. The van der Waals surface area contributed by atoms with E-state index in [4.69, 9.17) is 5.73 Å². The third kappa shape index (κ3) is 4.11. The SMILES string of the molecule is CC1CS(=O)(=O)CCN1C(=O)Cc1ccc(N)cc1.Cl. The summed E-state index contributed by atoms with van der Waals surface area (Å²) in [6.07, 6.45) is 0.282. The number of halogens is 1. The summed E-state index contributed by atoms with van der Waals surface area (Å²) < 4.78 is 22.9. The number of sulfone groups is 1. The molecule has 1 heterocycles. The molecule has 1 aliphatic heterocycles. The summed E-state index contributed by atoms with van der Waals surface area (Å²) in [5, 5.41) is 0. The van der Waals surface area contributed by atoms with Gasteiger partial charge in [0.05, 0.1) is 17.9 Å². The van der Waals surface area contributed by atoms with E-state index >= 15 is 0 Å². The van der Waals surface area contributed by atoms with Gasteiger partial charge in [-0.25, -0.2) is 8.42 Å². The summed E-state index contributed by atoms with van der Waals surface area (Å²) in [5.74, 6) is 0.0813. The van der Waals surface area contributed by atoms with Crippen LogP contribution in [-0.4, -0.2) is 43.3 Å². The average molecular weight is 319 g/mol. The minimum Gasteiger partial charge on any atom is -0.399 e. The number of carbonyl (C=O) groups excluding carboxylic acids is 1. The fourth-order valence-corrected chi connectivity index (χ4v) is 3.84. The van der Waals surface area contributed by atoms with Crippen LogP contribution in [0, 0.1) is 0 Å². The second-order valence-electron chi connectivity index (χ2n) is 4.97. The smallest absolute Gasteiger partial charge is 0.227 e. The van der Waals surface area contributed by atoms with Crippen molar-refractivity contribution in [3.05, 3.63) is 29.8 Å². The lowest BCUT2D eigenvalue weighted by Crippen LogP contribution is -2.50. The van der Waals surface area contributed by atoms with Crippen LogP contribution in [0.2, 0.25) is 0 Å². The van der Waals surface area contributed by atoms with Crippen molar-refractivity contribution in [2.45, 2.75) is 19.4 Å². The molecule has 1 saturated heterocycles. The Kier molecular flexibility index (Phi) is 5.42. The molecule has 1 unspecified atom stereocenters. The van der Waals surface area contributed by atoms with Crippen LogP contribution in [0.1, 0.15) is 12.5 Å². The number of benzene rings is 1. The zero-order valence-corrected chi connectivity index (χ0v) is 12.9. The van der Waals surface area contributed by atoms with Crippen molar-refractivity contribution in [1.82, 2.24) is 4.90 Å². The van der Waals surface area contributed by atoms with E-state index in [1.807, 2.05) is 12.1 Å². The number of rotatable bonds is 2. The molecule has 2 rings (SSSR count). The zero-order chi connectivity index (χ0) is 14.0. The van der Waals surface area contributed by atoms with Crippen molar-refractivity contribution in [2.75, 3.05) is 23.8 Å². The molecule has 1 atom stereocenters. The number of carbonyl (C=O) groups is 1. The molecule has 112 valence electrons. The number of amides is 1. The highest BCUT2D eigenvalue weighted by Crippen LogP contribution is 2.14. The van der Waals surface area contributed by atoms with Gasteiger partial charge in [-0.3, -0.25) is 4.79 Å². The minimum atomic E-state index is -2.99. The molecule has 0 radical (unpaired) electrons. The van der Waals surface area contributed by atoms with E-state index in [9.17, 15) is 13.2 Å². The van der Waals surface area contributed by atoms with Gasteiger partial charge in [0.1, 0.15) is 0 Å². The molecule has 0 aromatic heterocycles. The number of hydrogen-bond donors (Lipinski definition) is 1. The molecule has 0 saturated carbocycles. The Labute approximate surface area is 125 Å². The Morgan fingerprint density at radius 3 is 2.50 bits per heavy atom. The van der Waals surface area contributed by atoms with Gasteiger partial charge >= 0.3 is 0 Å². The number of nitrogen functional groups attached to an aromatic ring is 1. The van der Waals surface area contributed by atoms with Crippen LogP contribution in [0.5, 0.6) is 0 Å². The van der Waals surface area contributed by atoms with Gasteiger partial charge in [-0.05, 0) is 24.6 Å². The molecule has 1 fully saturated rings. The summed E-state index contributed by atoms with van der Waals surface area (Å²) >= 11 is 0. The predicted molar refractivity (Wildman–Crippen MR) is 81.6 cm³/mol. The summed E-state index contributed by atoms with van der Waals surface area (Å²) in [6, 6.07) is 6.90. The molecule has 20 heavy (non-hydrogen) atoms. The highest BCUT2D eigenvalue weighted by atomic mass is 35.5. The van der Waals surface area contributed by atoms with Gasteiger partial charge in [-0.1, -0.05) is 12.1 Å². The van der Waals surface area contributed by atoms with E-state index in [1.54, 1.807) is 24.0 Å². The van der Waals surface area contributed by atoms with E-state index in [0.717, 1.165) is 5.56 Å². The molecular formula is C13H19ClN2O3S. The quantitative estimate of drug-likeness (QED) is 0.821. The first-order valence-corrected chi connectivity index (χ1v) is 8.04. The third-order valence-corrected chi connectivity index (χ3v) is 5.12. The summed E-state index contributed by atoms with van der Waals surface area (Å²) in [4.78, 5) is 13.8. The Bertz CT molecular complexity index is 572. The van der Waals surface area contributed by atoms with E-state index in [2.05, 4.69) is 0 Å². The van der Waals surface area contributed by atoms with Crippen molar-refractivity contribution in [1.29, 1.82) is 0 Å². The van der Waals surface area contributed by atoms with Crippen LogP contribution in [-0.2, 0) is 21.1 Å². The lowest BCUT2D eigenvalue weighted by molar-refractivity contribution is -0.131. The van der Waals surface area contributed by atoms with Crippen molar-refractivity contribution >= 4 is 33.8 Å². The van der Waals surface area contributed by atoms with E-state index in [0.29, 0.717) is 5.69 Å². The van der Waals surface area contributed by atoms with Crippen LogP contribution >= 0.6 is 12.4 Å². The van der Waals surface area contributed by atoms with Crippen LogP contribution < -0.4 is 5.73 Å². The molecule has 2 N–H and O–H groups in total. The van der Waals surface area contributed by atoms with Gasteiger partial charge in [0.2, 0.25) is 5.91 Å². The van der Waals surface area contributed by atoms with Crippen molar-refractivity contribution < 1.29 is 13.2 Å². The summed E-state index contributed by atoms with van der Waals surface area (Å²) in [6.45, 7) is 2.06. The van der Waals surface area contributed by atoms with Crippen LogP contribution in [0.3, 0.4) is 0 Å². The van der Waals surface area contributed by atoms with Crippen molar-refractivity contribution in [2.24, 2.45) is 0 Å².